The number of nitrogens with zero attached hydrogens (tertiary/aromatic N) is 2. The fourth-order valence-corrected chi connectivity index (χ4v) is 8.25. The zero-order valence-corrected chi connectivity index (χ0v) is 26.4. The van der Waals surface area contributed by atoms with E-state index in [4.69, 9.17) is 0 Å². The van der Waals surface area contributed by atoms with Gasteiger partial charge in [0.15, 0.2) is 0 Å². The molecule has 0 atom stereocenters. The minimum atomic E-state index is -0.0257. The number of hydrogen-bond acceptors (Lipinski definition) is 0. The summed E-state index contributed by atoms with van der Waals surface area (Å²) >= 11 is 0. The summed E-state index contributed by atoms with van der Waals surface area (Å²) in [5.41, 5.74) is 15.2. The predicted octanol–water partition coefficient (Wildman–Crippen LogP) is 11.9. The lowest BCUT2D eigenvalue weighted by molar-refractivity contribution is 0.661. The molecule has 2 aromatic heterocycles. The van der Waals surface area contributed by atoms with Crippen molar-refractivity contribution in [3.8, 4) is 33.6 Å². The Bertz CT molecular complexity index is 2630. The minimum absolute atomic E-state index is 0.0257. The molecule has 0 aliphatic heterocycles. The lowest BCUT2D eigenvalue weighted by Gasteiger charge is -2.21. The van der Waals surface area contributed by atoms with Gasteiger partial charge in [0.25, 0.3) is 0 Å². The number of aromatic nitrogens is 2. The third-order valence-corrected chi connectivity index (χ3v) is 10.5. The van der Waals surface area contributed by atoms with Crippen LogP contribution in [0.1, 0.15) is 25.0 Å². The Labute approximate surface area is 273 Å². The zero-order chi connectivity index (χ0) is 31.3. The first-order valence-corrected chi connectivity index (χ1v) is 16.4. The number of hydrogen-bond donors (Lipinski definition) is 0. The van der Waals surface area contributed by atoms with E-state index < -0.39 is 0 Å². The molecular formula is C45H32N2. The minimum Gasteiger partial charge on any atom is -0.309 e. The van der Waals surface area contributed by atoms with Crippen molar-refractivity contribution in [2.75, 3.05) is 0 Å². The summed E-state index contributed by atoms with van der Waals surface area (Å²) in [6.45, 7) is 4.72. The molecule has 0 amide bonds. The molecule has 0 N–H and O–H groups in total. The van der Waals surface area contributed by atoms with E-state index in [1.165, 1.54) is 88.4 Å². The van der Waals surface area contributed by atoms with Crippen molar-refractivity contribution in [2.45, 2.75) is 19.3 Å². The molecule has 0 spiro atoms. The molecule has 2 heteroatoms. The molecule has 0 bridgehead atoms. The molecule has 2 nitrogen and oxygen atoms in total. The van der Waals surface area contributed by atoms with Crippen LogP contribution in [0.15, 0.2) is 158 Å². The highest BCUT2D eigenvalue weighted by Crippen LogP contribution is 2.51. The largest absolute Gasteiger partial charge is 0.309 e. The maximum atomic E-state index is 2.45. The van der Waals surface area contributed by atoms with Gasteiger partial charge in [0, 0.05) is 38.3 Å². The van der Waals surface area contributed by atoms with Gasteiger partial charge in [-0.3, -0.25) is 0 Å². The van der Waals surface area contributed by atoms with Crippen LogP contribution in [0.5, 0.6) is 0 Å². The van der Waals surface area contributed by atoms with E-state index in [2.05, 4.69) is 181 Å². The normalized spacial score (nSPS) is 13.5. The van der Waals surface area contributed by atoms with Gasteiger partial charge < -0.3 is 9.13 Å². The molecule has 47 heavy (non-hydrogen) atoms. The maximum Gasteiger partial charge on any atom is 0.0547 e. The molecule has 9 aromatic rings. The second kappa shape index (κ2) is 9.57. The van der Waals surface area contributed by atoms with Crippen LogP contribution >= 0.6 is 0 Å². The van der Waals surface area contributed by atoms with E-state index >= 15 is 0 Å². The van der Waals surface area contributed by atoms with Crippen molar-refractivity contribution < 1.29 is 0 Å². The number of benzene rings is 7. The first kappa shape index (κ1) is 26.4. The van der Waals surface area contributed by atoms with E-state index in [1.807, 2.05) is 0 Å². The molecule has 1 aliphatic carbocycles. The van der Waals surface area contributed by atoms with Crippen molar-refractivity contribution in [2.24, 2.45) is 0 Å². The molecule has 222 valence electrons. The van der Waals surface area contributed by atoms with Crippen molar-refractivity contribution in [3.05, 3.63) is 169 Å². The molecule has 0 fully saturated rings. The molecule has 0 saturated heterocycles. The van der Waals surface area contributed by atoms with Crippen LogP contribution in [-0.2, 0) is 5.41 Å². The van der Waals surface area contributed by atoms with Crippen LogP contribution in [0.3, 0.4) is 0 Å². The van der Waals surface area contributed by atoms with E-state index in [0.717, 1.165) is 0 Å². The third kappa shape index (κ3) is 3.67. The summed E-state index contributed by atoms with van der Waals surface area (Å²) in [6, 6.07) is 58.0. The van der Waals surface area contributed by atoms with Crippen LogP contribution in [-0.4, -0.2) is 9.13 Å². The first-order valence-electron chi connectivity index (χ1n) is 16.4. The smallest absolute Gasteiger partial charge is 0.0547 e. The highest BCUT2D eigenvalue weighted by Gasteiger charge is 2.36. The zero-order valence-electron chi connectivity index (χ0n) is 26.4. The summed E-state index contributed by atoms with van der Waals surface area (Å²) in [4.78, 5) is 0. The van der Waals surface area contributed by atoms with Crippen LogP contribution in [0.4, 0.5) is 0 Å². The highest BCUT2D eigenvalue weighted by molar-refractivity contribution is 6.12. The van der Waals surface area contributed by atoms with Gasteiger partial charge in [-0.2, -0.15) is 0 Å². The Morgan fingerprint density at radius 1 is 0.362 bits per heavy atom. The van der Waals surface area contributed by atoms with E-state index in [9.17, 15) is 0 Å². The first-order chi connectivity index (χ1) is 23.1. The van der Waals surface area contributed by atoms with Gasteiger partial charge in [-0.15, -0.1) is 0 Å². The van der Waals surface area contributed by atoms with E-state index in [0.29, 0.717) is 0 Å². The van der Waals surface area contributed by atoms with Gasteiger partial charge in [0.1, 0.15) is 0 Å². The molecule has 10 rings (SSSR count). The SMILES string of the molecule is CC1(C)c2ccccc2-c2cc3c(cc21)c1ccccc1n3-c1ccc(-c2ccc(-n3c4ccccc4c4ccccc43)cc2)cc1. The number of rotatable bonds is 3. The summed E-state index contributed by atoms with van der Waals surface area (Å²) in [5.74, 6) is 0. The van der Waals surface area contributed by atoms with Crippen molar-refractivity contribution in [3.63, 3.8) is 0 Å². The Morgan fingerprint density at radius 2 is 0.809 bits per heavy atom. The Hall–Kier alpha value is -5.86. The summed E-state index contributed by atoms with van der Waals surface area (Å²) < 4.78 is 4.81. The lowest BCUT2D eigenvalue weighted by Crippen LogP contribution is -2.14. The average molecular weight is 601 g/mol. The molecular weight excluding hydrogens is 569 g/mol. The van der Waals surface area contributed by atoms with Gasteiger partial charge in [0.2, 0.25) is 0 Å². The summed E-state index contributed by atoms with van der Waals surface area (Å²) in [5, 5.41) is 5.17. The van der Waals surface area contributed by atoms with Gasteiger partial charge >= 0.3 is 0 Å². The van der Waals surface area contributed by atoms with Gasteiger partial charge in [-0.25, -0.2) is 0 Å². The van der Waals surface area contributed by atoms with Crippen LogP contribution in [0.25, 0.3) is 77.2 Å². The van der Waals surface area contributed by atoms with Crippen molar-refractivity contribution in [1.29, 1.82) is 0 Å². The topological polar surface area (TPSA) is 9.86 Å². The summed E-state index contributed by atoms with van der Waals surface area (Å²) in [6.07, 6.45) is 0. The average Bonchev–Trinajstić information content (AvgIpc) is 3.71. The molecule has 7 aromatic carbocycles. The highest BCUT2D eigenvalue weighted by atomic mass is 15.0. The van der Waals surface area contributed by atoms with Crippen LogP contribution in [0, 0.1) is 0 Å². The second-order valence-electron chi connectivity index (χ2n) is 13.4. The Kier molecular flexibility index (Phi) is 5.37. The van der Waals surface area contributed by atoms with Gasteiger partial charge in [-0.1, -0.05) is 117 Å². The Morgan fingerprint density at radius 3 is 1.36 bits per heavy atom. The lowest BCUT2D eigenvalue weighted by atomic mass is 9.82. The summed E-state index contributed by atoms with van der Waals surface area (Å²) in [7, 11) is 0. The van der Waals surface area contributed by atoms with Crippen molar-refractivity contribution >= 4 is 43.6 Å². The number of fused-ring (bicyclic) bond motifs is 9. The van der Waals surface area contributed by atoms with Crippen LogP contribution < -0.4 is 0 Å². The third-order valence-electron chi connectivity index (χ3n) is 10.5. The molecule has 0 radical (unpaired) electrons. The van der Waals surface area contributed by atoms with E-state index in [-0.39, 0.29) is 5.41 Å². The predicted molar refractivity (Wildman–Crippen MR) is 198 cm³/mol. The molecule has 1 aliphatic rings. The monoisotopic (exact) mass is 600 g/mol. The van der Waals surface area contributed by atoms with Crippen molar-refractivity contribution in [1.82, 2.24) is 9.13 Å². The molecule has 0 unspecified atom stereocenters. The molecule has 2 heterocycles. The second-order valence-corrected chi connectivity index (χ2v) is 13.4. The van der Waals surface area contributed by atoms with Gasteiger partial charge in [0.05, 0.1) is 22.1 Å². The quantitative estimate of drug-likeness (QED) is 0.191. The standard InChI is InChI=1S/C45H32N2/c1-45(2)39-15-7-3-11-33(39)37-28-44-38(27-40(37)45)36-14-6-10-18-43(36)47(44)32-25-21-30(22-26-32)29-19-23-31(24-20-29)46-41-16-8-4-12-34(41)35-13-5-9-17-42(35)46/h3-28H,1-2H3. The van der Waals surface area contributed by atoms with E-state index in [1.54, 1.807) is 0 Å². The maximum absolute atomic E-state index is 2.45. The fraction of sp³-hybridized carbons (Fsp3) is 0.0667. The van der Waals surface area contributed by atoms with Crippen LogP contribution in [0.2, 0.25) is 0 Å². The number of para-hydroxylation sites is 3. The fourth-order valence-electron chi connectivity index (χ4n) is 8.25. The Balaban J connectivity index is 1.07. The van der Waals surface area contributed by atoms with Gasteiger partial charge in [-0.05, 0) is 88.0 Å². The molecule has 0 saturated carbocycles.